The highest BCUT2D eigenvalue weighted by atomic mass is 35.5. The lowest BCUT2D eigenvalue weighted by Crippen LogP contribution is -2.42. The minimum Gasteiger partial charge on any atom is -0.480 e. The predicted molar refractivity (Wildman–Crippen MR) is 75.6 cm³/mol. The molecule has 1 aromatic carbocycles. The van der Waals surface area contributed by atoms with E-state index < -0.39 is 22.0 Å². The number of carboxylic acid groups (broad SMARTS) is 1. The van der Waals surface area contributed by atoms with Crippen molar-refractivity contribution < 1.29 is 18.3 Å². The Kier molecular flexibility index (Phi) is 4.30. The molecule has 0 aliphatic carbocycles. The van der Waals surface area contributed by atoms with Gasteiger partial charge in [-0.25, -0.2) is 8.42 Å². The van der Waals surface area contributed by atoms with Crippen LogP contribution < -0.4 is 0 Å². The van der Waals surface area contributed by atoms with Crippen molar-refractivity contribution in [1.82, 2.24) is 4.31 Å². The summed E-state index contributed by atoms with van der Waals surface area (Å²) in [6, 6.07) is 3.02. The quantitative estimate of drug-likeness (QED) is 0.919. The summed E-state index contributed by atoms with van der Waals surface area (Å²) >= 11 is 11.7. The number of carbonyl (C=O) groups is 1. The van der Waals surface area contributed by atoms with E-state index in [0.717, 1.165) is 4.31 Å². The Hall–Kier alpha value is -0.820. The summed E-state index contributed by atoms with van der Waals surface area (Å²) in [7, 11) is -3.98. The molecule has 5 nitrogen and oxygen atoms in total. The Balaban J connectivity index is 2.50. The van der Waals surface area contributed by atoms with E-state index in [1.165, 1.54) is 18.2 Å². The third-order valence-corrected chi connectivity index (χ3v) is 5.98. The maximum atomic E-state index is 12.6. The number of nitrogens with zero attached hydrogens (tertiary/aromatic N) is 1. The topological polar surface area (TPSA) is 74.7 Å². The van der Waals surface area contributed by atoms with Crippen molar-refractivity contribution in [2.45, 2.75) is 24.3 Å². The average molecular weight is 338 g/mol. The van der Waals surface area contributed by atoms with Gasteiger partial charge in [-0.15, -0.1) is 0 Å². The van der Waals surface area contributed by atoms with Gasteiger partial charge >= 0.3 is 5.97 Å². The van der Waals surface area contributed by atoms with Crippen LogP contribution in [0.15, 0.2) is 23.1 Å². The van der Waals surface area contributed by atoms with Crippen molar-refractivity contribution in [1.29, 1.82) is 0 Å². The fourth-order valence-electron chi connectivity index (χ4n) is 2.35. The molecule has 20 heavy (non-hydrogen) atoms. The number of benzene rings is 1. The summed E-state index contributed by atoms with van der Waals surface area (Å²) < 4.78 is 26.2. The predicted octanol–water partition coefficient (Wildman–Crippen LogP) is 2.48. The van der Waals surface area contributed by atoms with Crippen molar-refractivity contribution in [3.63, 3.8) is 0 Å². The fraction of sp³-hybridized carbons (Fsp3) is 0.417. The van der Waals surface area contributed by atoms with Crippen LogP contribution in [0, 0.1) is 5.92 Å². The van der Waals surface area contributed by atoms with Gasteiger partial charge in [-0.2, -0.15) is 4.31 Å². The molecule has 2 rings (SSSR count). The van der Waals surface area contributed by atoms with Gasteiger partial charge in [0, 0.05) is 11.6 Å². The molecule has 2 atom stereocenters. The van der Waals surface area contributed by atoms with Gasteiger partial charge < -0.3 is 5.11 Å². The van der Waals surface area contributed by atoms with E-state index in [-0.39, 0.29) is 27.4 Å². The minimum atomic E-state index is -3.98. The molecule has 1 aliphatic heterocycles. The van der Waals surface area contributed by atoms with Gasteiger partial charge in [0.15, 0.2) is 0 Å². The van der Waals surface area contributed by atoms with E-state index in [1.807, 2.05) is 0 Å². The molecule has 1 aromatic rings. The molecule has 0 saturated carbocycles. The zero-order valence-electron chi connectivity index (χ0n) is 10.6. The van der Waals surface area contributed by atoms with Crippen LogP contribution in [-0.4, -0.2) is 36.4 Å². The number of sulfonamides is 1. The number of halogens is 2. The summed E-state index contributed by atoms with van der Waals surface area (Å²) in [6.07, 6.45) is 0.494. The third kappa shape index (κ3) is 2.65. The van der Waals surface area contributed by atoms with Crippen LogP contribution in [0.2, 0.25) is 10.0 Å². The maximum Gasteiger partial charge on any atom is 0.322 e. The molecular weight excluding hydrogens is 325 g/mol. The number of rotatable bonds is 3. The van der Waals surface area contributed by atoms with Crippen molar-refractivity contribution in [3.8, 4) is 0 Å². The van der Waals surface area contributed by atoms with Gasteiger partial charge in [0.1, 0.15) is 10.9 Å². The summed E-state index contributed by atoms with van der Waals surface area (Å²) in [5.41, 5.74) is 0. The van der Waals surface area contributed by atoms with E-state index in [1.54, 1.807) is 6.92 Å². The molecule has 8 heteroatoms. The van der Waals surface area contributed by atoms with Gasteiger partial charge in [0.05, 0.1) is 5.02 Å². The van der Waals surface area contributed by atoms with Crippen molar-refractivity contribution in [2.24, 2.45) is 5.92 Å². The average Bonchev–Trinajstić information content (AvgIpc) is 2.75. The number of carboxylic acids is 1. The fourth-order valence-corrected chi connectivity index (χ4v) is 4.78. The minimum absolute atomic E-state index is 0.0260. The largest absolute Gasteiger partial charge is 0.480 e. The Morgan fingerprint density at radius 3 is 2.65 bits per heavy atom. The first-order valence-corrected chi connectivity index (χ1v) is 8.14. The van der Waals surface area contributed by atoms with Gasteiger partial charge in [-0.3, -0.25) is 4.79 Å². The van der Waals surface area contributed by atoms with Crippen molar-refractivity contribution in [3.05, 3.63) is 28.2 Å². The molecule has 1 N–H and O–H groups in total. The van der Waals surface area contributed by atoms with Crippen LogP contribution in [0.25, 0.3) is 0 Å². The van der Waals surface area contributed by atoms with Gasteiger partial charge in [-0.05, 0) is 30.5 Å². The molecule has 1 heterocycles. The Morgan fingerprint density at radius 2 is 2.05 bits per heavy atom. The van der Waals surface area contributed by atoms with Crippen LogP contribution in [0.4, 0.5) is 0 Å². The van der Waals surface area contributed by atoms with Crippen LogP contribution >= 0.6 is 23.2 Å². The Bertz CT molecular complexity index is 647. The van der Waals surface area contributed by atoms with Crippen LogP contribution in [-0.2, 0) is 14.8 Å². The Morgan fingerprint density at radius 1 is 1.40 bits per heavy atom. The van der Waals surface area contributed by atoms with Gasteiger partial charge in [0.25, 0.3) is 0 Å². The van der Waals surface area contributed by atoms with E-state index in [4.69, 9.17) is 23.2 Å². The van der Waals surface area contributed by atoms with E-state index >= 15 is 0 Å². The lowest BCUT2D eigenvalue weighted by atomic mass is 10.0. The van der Waals surface area contributed by atoms with Crippen LogP contribution in [0.3, 0.4) is 0 Å². The first-order valence-electron chi connectivity index (χ1n) is 5.95. The maximum absolute atomic E-state index is 12.6. The molecule has 110 valence electrons. The highest BCUT2D eigenvalue weighted by molar-refractivity contribution is 7.89. The molecule has 2 unspecified atom stereocenters. The lowest BCUT2D eigenvalue weighted by Gasteiger charge is -2.23. The second-order valence-corrected chi connectivity index (χ2v) is 7.44. The molecule has 1 saturated heterocycles. The second-order valence-electron chi connectivity index (χ2n) is 4.74. The standard InChI is InChI=1S/C12H13Cl2NO4S/c1-7-4-5-15(11(7)12(16)17)20(18,19)10-6-8(13)2-3-9(10)14/h2-3,6-7,11H,4-5H2,1H3,(H,16,17). The normalized spacial score (nSPS) is 23.9. The molecule has 0 radical (unpaired) electrons. The number of hydrogen-bond acceptors (Lipinski definition) is 3. The summed E-state index contributed by atoms with van der Waals surface area (Å²) in [5, 5.41) is 9.48. The van der Waals surface area contributed by atoms with Crippen LogP contribution in [0.5, 0.6) is 0 Å². The molecule has 0 aromatic heterocycles. The van der Waals surface area contributed by atoms with Gasteiger partial charge in [0.2, 0.25) is 10.0 Å². The van der Waals surface area contributed by atoms with E-state index in [2.05, 4.69) is 0 Å². The summed E-state index contributed by atoms with van der Waals surface area (Å²) in [5.74, 6) is -1.41. The highest BCUT2D eigenvalue weighted by Gasteiger charge is 2.44. The molecular formula is C12H13Cl2NO4S. The van der Waals surface area contributed by atoms with Gasteiger partial charge in [-0.1, -0.05) is 30.1 Å². The van der Waals surface area contributed by atoms with E-state index in [0.29, 0.717) is 6.42 Å². The highest BCUT2D eigenvalue weighted by Crippen LogP contribution is 2.34. The molecule has 0 amide bonds. The molecule has 0 spiro atoms. The SMILES string of the molecule is CC1CCN(S(=O)(=O)c2cc(Cl)ccc2Cl)C1C(=O)O. The molecule has 0 bridgehead atoms. The lowest BCUT2D eigenvalue weighted by molar-refractivity contribution is -0.141. The summed E-state index contributed by atoms with van der Waals surface area (Å²) in [4.78, 5) is 11.1. The molecule has 1 fully saturated rings. The van der Waals surface area contributed by atoms with Crippen molar-refractivity contribution >= 4 is 39.2 Å². The summed E-state index contributed by atoms with van der Waals surface area (Å²) in [6.45, 7) is 1.87. The zero-order valence-corrected chi connectivity index (χ0v) is 12.9. The smallest absolute Gasteiger partial charge is 0.322 e. The Labute approximate surface area is 127 Å². The first kappa shape index (κ1) is 15.6. The van der Waals surface area contributed by atoms with E-state index in [9.17, 15) is 18.3 Å². The molecule has 1 aliphatic rings. The monoisotopic (exact) mass is 337 g/mol. The number of aliphatic carboxylic acids is 1. The number of hydrogen-bond donors (Lipinski definition) is 1. The third-order valence-electron chi connectivity index (χ3n) is 3.39. The van der Waals surface area contributed by atoms with Crippen molar-refractivity contribution in [2.75, 3.05) is 6.54 Å². The zero-order chi connectivity index (χ0) is 15.1. The first-order chi connectivity index (χ1) is 9.25. The van der Waals surface area contributed by atoms with Crippen LogP contribution in [0.1, 0.15) is 13.3 Å². The second kappa shape index (κ2) is 5.52.